The van der Waals surface area contributed by atoms with Crippen molar-refractivity contribution >= 4 is 23.6 Å². The molecule has 0 aliphatic carbocycles. The summed E-state index contributed by atoms with van der Waals surface area (Å²) < 4.78 is 0. The van der Waals surface area contributed by atoms with Gasteiger partial charge in [-0.3, -0.25) is 9.78 Å². The van der Waals surface area contributed by atoms with Gasteiger partial charge in [-0.2, -0.15) is 5.26 Å². The Morgan fingerprint density at radius 2 is 2.20 bits per heavy atom. The summed E-state index contributed by atoms with van der Waals surface area (Å²) in [5.74, 6) is -1.36. The number of thioether (sulfide) groups is 1. The van der Waals surface area contributed by atoms with Gasteiger partial charge in [-0.15, -0.1) is 11.8 Å². The van der Waals surface area contributed by atoms with Crippen LogP contribution in [0.1, 0.15) is 23.9 Å². The van der Waals surface area contributed by atoms with E-state index in [9.17, 15) is 9.59 Å². The number of nitrogens with one attached hydrogen (secondary N) is 1. The van der Waals surface area contributed by atoms with Crippen molar-refractivity contribution in [2.24, 2.45) is 0 Å². The summed E-state index contributed by atoms with van der Waals surface area (Å²) in [5.41, 5.74) is 1.81. The van der Waals surface area contributed by atoms with Crippen molar-refractivity contribution in [3.8, 4) is 6.07 Å². The predicted molar refractivity (Wildman–Crippen MR) is 74.4 cm³/mol. The monoisotopic (exact) mass is 293 g/mol. The largest absolute Gasteiger partial charge is 0.480 e. The van der Waals surface area contributed by atoms with Gasteiger partial charge >= 0.3 is 5.97 Å². The maximum atomic E-state index is 11.0. The van der Waals surface area contributed by atoms with Crippen LogP contribution in [0.25, 0.3) is 0 Å². The zero-order valence-electron chi connectivity index (χ0n) is 11.4. The van der Waals surface area contributed by atoms with E-state index in [1.165, 1.54) is 18.7 Å². The van der Waals surface area contributed by atoms with Crippen LogP contribution in [0.15, 0.2) is 11.0 Å². The van der Waals surface area contributed by atoms with Crippen LogP contribution in [0.5, 0.6) is 0 Å². The van der Waals surface area contributed by atoms with Crippen LogP contribution in [0.4, 0.5) is 0 Å². The quantitative estimate of drug-likeness (QED) is 0.792. The lowest BCUT2D eigenvalue weighted by Gasteiger charge is -2.14. The van der Waals surface area contributed by atoms with Crippen molar-refractivity contribution in [3.63, 3.8) is 0 Å². The summed E-state index contributed by atoms with van der Waals surface area (Å²) in [6.07, 6.45) is 0. The van der Waals surface area contributed by atoms with E-state index in [2.05, 4.69) is 16.4 Å². The highest BCUT2D eigenvalue weighted by Gasteiger charge is 2.19. The standard InChI is InChI=1S/C13H15N3O3S/c1-7-4-12(10(5-14)8(2)15-7)20-6-11(13(18)19)16-9(3)17/h4,11H,6H2,1-3H3,(H,16,17)(H,18,19)/t11-/m0/s1. The number of amides is 1. The Labute approximate surface area is 121 Å². The second kappa shape index (κ2) is 6.91. The molecular weight excluding hydrogens is 278 g/mol. The second-order valence-electron chi connectivity index (χ2n) is 4.24. The molecule has 6 nitrogen and oxygen atoms in total. The van der Waals surface area contributed by atoms with Crippen molar-refractivity contribution in [3.05, 3.63) is 23.0 Å². The van der Waals surface area contributed by atoms with E-state index in [-0.39, 0.29) is 5.75 Å². The molecule has 1 aromatic rings. The van der Waals surface area contributed by atoms with Gasteiger partial charge in [0, 0.05) is 23.3 Å². The van der Waals surface area contributed by atoms with E-state index in [1.807, 2.05) is 0 Å². The summed E-state index contributed by atoms with van der Waals surface area (Å²) >= 11 is 1.22. The van der Waals surface area contributed by atoms with Crippen molar-refractivity contribution in [1.82, 2.24) is 10.3 Å². The molecular formula is C13H15N3O3S. The minimum atomic E-state index is -1.10. The van der Waals surface area contributed by atoms with Gasteiger partial charge in [0.05, 0.1) is 11.3 Å². The summed E-state index contributed by atoms with van der Waals surface area (Å²) in [7, 11) is 0. The SMILES string of the molecule is CC(=O)N[C@@H](CSc1cc(C)nc(C)c1C#N)C(=O)O. The third-order valence-electron chi connectivity index (χ3n) is 2.49. The topological polar surface area (TPSA) is 103 Å². The number of carbonyl (C=O) groups excluding carboxylic acids is 1. The molecule has 0 aromatic carbocycles. The van der Waals surface area contributed by atoms with Gasteiger partial charge in [0.15, 0.2) is 0 Å². The summed E-state index contributed by atoms with van der Waals surface area (Å²) in [6, 6.07) is 2.82. The number of aliphatic carboxylic acids is 1. The Morgan fingerprint density at radius 3 is 2.70 bits per heavy atom. The normalized spacial score (nSPS) is 11.5. The molecule has 20 heavy (non-hydrogen) atoms. The van der Waals surface area contributed by atoms with E-state index in [0.29, 0.717) is 16.2 Å². The van der Waals surface area contributed by atoms with Gasteiger partial charge in [0.1, 0.15) is 12.1 Å². The number of nitrogens with zero attached hydrogens (tertiary/aromatic N) is 2. The molecule has 0 radical (unpaired) electrons. The van der Waals surface area contributed by atoms with Gasteiger partial charge in [0.25, 0.3) is 0 Å². The molecule has 0 saturated heterocycles. The minimum Gasteiger partial charge on any atom is -0.480 e. The Kier molecular flexibility index (Phi) is 5.53. The first-order valence-corrected chi connectivity index (χ1v) is 6.84. The third-order valence-corrected chi connectivity index (χ3v) is 3.62. The fourth-order valence-electron chi connectivity index (χ4n) is 1.64. The number of aromatic nitrogens is 1. The molecule has 106 valence electrons. The smallest absolute Gasteiger partial charge is 0.327 e. The average molecular weight is 293 g/mol. The van der Waals surface area contributed by atoms with Crippen molar-refractivity contribution in [1.29, 1.82) is 5.26 Å². The summed E-state index contributed by atoms with van der Waals surface area (Å²) in [6.45, 7) is 4.81. The molecule has 0 fully saturated rings. The molecule has 0 saturated carbocycles. The molecule has 1 aromatic heterocycles. The van der Waals surface area contributed by atoms with E-state index in [1.54, 1.807) is 19.9 Å². The number of carbonyl (C=O) groups is 2. The van der Waals surface area contributed by atoms with Crippen LogP contribution in [-0.2, 0) is 9.59 Å². The first kappa shape index (κ1) is 16.0. The van der Waals surface area contributed by atoms with Crippen molar-refractivity contribution < 1.29 is 14.7 Å². The van der Waals surface area contributed by atoms with Gasteiger partial charge < -0.3 is 10.4 Å². The zero-order valence-corrected chi connectivity index (χ0v) is 12.2. The summed E-state index contributed by atoms with van der Waals surface area (Å²) in [5, 5.41) is 20.5. The molecule has 1 heterocycles. The number of pyridine rings is 1. The first-order valence-electron chi connectivity index (χ1n) is 5.86. The lowest BCUT2D eigenvalue weighted by molar-refractivity contribution is -0.140. The Hall–Kier alpha value is -2.07. The Morgan fingerprint density at radius 1 is 1.55 bits per heavy atom. The lowest BCUT2D eigenvalue weighted by Crippen LogP contribution is -2.41. The second-order valence-corrected chi connectivity index (χ2v) is 5.30. The fraction of sp³-hybridized carbons (Fsp3) is 0.385. The highest BCUT2D eigenvalue weighted by Crippen LogP contribution is 2.25. The first-order chi connectivity index (χ1) is 9.35. The molecule has 0 unspecified atom stereocenters. The number of nitriles is 1. The van der Waals surface area contributed by atoms with E-state index in [0.717, 1.165) is 5.69 Å². The highest BCUT2D eigenvalue weighted by atomic mass is 32.2. The van der Waals surface area contributed by atoms with Gasteiger partial charge in [-0.25, -0.2) is 4.79 Å². The lowest BCUT2D eigenvalue weighted by atomic mass is 10.2. The van der Waals surface area contributed by atoms with Crippen molar-refractivity contribution in [2.45, 2.75) is 31.7 Å². The van der Waals surface area contributed by atoms with Crippen LogP contribution in [-0.4, -0.2) is 33.8 Å². The molecule has 0 aliphatic rings. The minimum absolute atomic E-state index is 0.145. The Balaban J connectivity index is 2.91. The predicted octanol–water partition coefficient (Wildman–Crippen LogP) is 1.25. The molecule has 7 heteroatoms. The third kappa shape index (κ3) is 4.24. The van der Waals surface area contributed by atoms with Crippen LogP contribution in [0, 0.1) is 25.2 Å². The number of hydrogen-bond donors (Lipinski definition) is 2. The van der Waals surface area contributed by atoms with Gasteiger partial charge in [-0.05, 0) is 19.9 Å². The number of rotatable bonds is 5. The molecule has 2 N–H and O–H groups in total. The highest BCUT2D eigenvalue weighted by molar-refractivity contribution is 7.99. The van der Waals surface area contributed by atoms with E-state index >= 15 is 0 Å². The van der Waals surface area contributed by atoms with Crippen LogP contribution >= 0.6 is 11.8 Å². The number of hydrogen-bond acceptors (Lipinski definition) is 5. The molecule has 1 amide bonds. The molecule has 0 bridgehead atoms. The number of carboxylic acids is 1. The number of carboxylic acid groups (broad SMARTS) is 1. The average Bonchev–Trinajstić information content (AvgIpc) is 2.33. The molecule has 0 aliphatic heterocycles. The fourth-order valence-corrected chi connectivity index (χ4v) is 2.80. The van der Waals surface area contributed by atoms with Crippen molar-refractivity contribution in [2.75, 3.05) is 5.75 Å². The Bertz CT molecular complexity index is 581. The van der Waals surface area contributed by atoms with Crippen LogP contribution in [0.3, 0.4) is 0 Å². The van der Waals surface area contributed by atoms with Gasteiger partial charge in [-0.1, -0.05) is 0 Å². The van der Waals surface area contributed by atoms with E-state index < -0.39 is 17.9 Å². The van der Waals surface area contributed by atoms with Crippen LogP contribution < -0.4 is 5.32 Å². The zero-order chi connectivity index (χ0) is 15.3. The van der Waals surface area contributed by atoms with E-state index in [4.69, 9.17) is 10.4 Å². The molecule has 1 rings (SSSR count). The maximum Gasteiger partial charge on any atom is 0.327 e. The maximum absolute atomic E-state index is 11.0. The van der Waals surface area contributed by atoms with Crippen LogP contribution in [0.2, 0.25) is 0 Å². The number of aryl methyl sites for hydroxylation is 2. The molecule has 1 atom stereocenters. The van der Waals surface area contributed by atoms with Gasteiger partial charge in [0.2, 0.25) is 5.91 Å². The summed E-state index contributed by atoms with van der Waals surface area (Å²) in [4.78, 5) is 26.9. The molecule has 0 spiro atoms.